The Hall–Kier alpha value is -1.21. The van der Waals surface area contributed by atoms with E-state index in [-0.39, 0.29) is 11.9 Å². The number of primary amides is 1. The molecule has 0 aromatic carbocycles. The van der Waals surface area contributed by atoms with E-state index in [2.05, 4.69) is 10.2 Å². The number of hydrogen-bond donors (Lipinski definition) is 2. The van der Waals surface area contributed by atoms with Crippen molar-refractivity contribution in [3.05, 3.63) is 5.01 Å². The largest absolute Gasteiger partial charge is 0.374 e. The Balaban J connectivity index is 1.95. The van der Waals surface area contributed by atoms with Gasteiger partial charge >= 0.3 is 0 Å². The molecule has 1 aliphatic heterocycles. The quantitative estimate of drug-likeness (QED) is 0.683. The molecule has 1 amide bonds. The van der Waals surface area contributed by atoms with Crippen molar-refractivity contribution < 1.29 is 4.79 Å². The Kier molecular flexibility index (Phi) is 2.34. The molecular weight excluding hydrogens is 202 g/mol. The fraction of sp³-hybridized carbons (Fsp3) is 0.571. The van der Waals surface area contributed by atoms with Gasteiger partial charge < -0.3 is 11.5 Å². The van der Waals surface area contributed by atoms with Crippen LogP contribution in [0.2, 0.25) is 0 Å². The van der Waals surface area contributed by atoms with E-state index in [1.165, 1.54) is 11.3 Å². The molecular formula is C7H11N5OS. The fourth-order valence-electron chi connectivity index (χ4n) is 1.46. The standard InChI is InChI=1S/C7H11N5OS/c8-6(13)4-1-2-12(4)3-5-10-11-7(9)14-5/h4H,1-3H2,(H2,8,13)(H2,9,11). The van der Waals surface area contributed by atoms with Crippen molar-refractivity contribution in [3.8, 4) is 0 Å². The molecule has 1 aromatic rings. The first-order valence-electron chi connectivity index (χ1n) is 4.28. The molecule has 6 nitrogen and oxygen atoms in total. The second-order valence-corrected chi connectivity index (χ2v) is 4.31. The summed E-state index contributed by atoms with van der Waals surface area (Å²) in [4.78, 5) is 12.9. The predicted octanol–water partition coefficient (Wildman–Crippen LogP) is -0.820. The van der Waals surface area contributed by atoms with E-state index in [4.69, 9.17) is 11.5 Å². The summed E-state index contributed by atoms with van der Waals surface area (Å²) < 4.78 is 0. The van der Waals surface area contributed by atoms with Crippen LogP contribution in [0.5, 0.6) is 0 Å². The van der Waals surface area contributed by atoms with Gasteiger partial charge in [-0.15, -0.1) is 10.2 Å². The van der Waals surface area contributed by atoms with Gasteiger partial charge in [-0.05, 0) is 6.42 Å². The van der Waals surface area contributed by atoms with Crippen LogP contribution in [0.4, 0.5) is 5.13 Å². The lowest BCUT2D eigenvalue weighted by molar-refractivity contribution is -0.127. The summed E-state index contributed by atoms with van der Waals surface area (Å²) >= 11 is 1.34. The lowest BCUT2D eigenvalue weighted by Gasteiger charge is -2.37. The van der Waals surface area contributed by atoms with Crippen molar-refractivity contribution in [2.45, 2.75) is 19.0 Å². The summed E-state index contributed by atoms with van der Waals surface area (Å²) in [6.07, 6.45) is 0.837. The highest BCUT2D eigenvalue weighted by atomic mass is 32.1. The third-order valence-electron chi connectivity index (χ3n) is 2.28. The topological polar surface area (TPSA) is 98.1 Å². The Morgan fingerprint density at radius 1 is 1.64 bits per heavy atom. The molecule has 4 N–H and O–H groups in total. The van der Waals surface area contributed by atoms with E-state index >= 15 is 0 Å². The summed E-state index contributed by atoms with van der Waals surface area (Å²) in [6, 6.07) is -0.139. The first-order chi connectivity index (χ1) is 6.66. The van der Waals surface area contributed by atoms with Gasteiger partial charge in [-0.2, -0.15) is 0 Å². The molecule has 14 heavy (non-hydrogen) atoms. The van der Waals surface area contributed by atoms with Crippen LogP contribution in [0.3, 0.4) is 0 Å². The summed E-state index contributed by atoms with van der Waals surface area (Å²) in [6.45, 7) is 1.50. The van der Waals surface area contributed by atoms with Gasteiger partial charge in [0.25, 0.3) is 0 Å². The van der Waals surface area contributed by atoms with Crippen LogP contribution in [-0.4, -0.2) is 33.6 Å². The minimum atomic E-state index is -0.270. The van der Waals surface area contributed by atoms with Gasteiger partial charge in [0.05, 0.1) is 12.6 Å². The highest BCUT2D eigenvalue weighted by molar-refractivity contribution is 7.15. The summed E-state index contributed by atoms with van der Waals surface area (Å²) in [7, 11) is 0. The number of anilines is 1. The molecule has 76 valence electrons. The van der Waals surface area contributed by atoms with E-state index in [9.17, 15) is 4.79 Å². The van der Waals surface area contributed by atoms with Crippen LogP contribution in [0.15, 0.2) is 0 Å². The van der Waals surface area contributed by atoms with Crippen molar-refractivity contribution in [3.63, 3.8) is 0 Å². The summed E-state index contributed by atoms with van der Waals surface area (Å²) in [5.74, 6) is -0.270. The van der Waals surface area contributed by atoms with E-state index < -0.39 is 0 Å². The molecule has 1 saturated heterocycles. The monoisotopic (exact) mass is 213 g/mol. The minimum absolute atomic E-state index is 0.139. The number of nitrogens with zero attached hydrogens (tertiary/aromatic N) is 3. The normalized spacial score (nSPS) is 21.9. The van der Waals surface area contributed by atoms with Crippen molar-refractivity contribution >= 4 is 22.4 Å². The SMILES string of the molecule is NC(=O)C1CCN1Cc1nnc(N)s1. The number of amides is 1. The molecule has 1 atom stereocenters. The smallest absolute Gasteiger partial charge is 0.234 e. The lowest BCUT2D eigenvalue weighted by atomic mass is 10.0. The third kappa shape index (κ3) is 1.68. The Morgan fingerprint density at radius 2 is 2.43 bits per heavy atom. The average molecular weight is 213 g/mol. The van der Waals surface area contributed by atoms with Gasteiger partial charge in [-0.1, -0.05) is 11.3 Å². The van der Waals surface area contributed by atoms with Gasteiger partial charge in [-0.3, -0.25) is 9.69 Å². The average Bonchev–Trinajstić information content (AvgIpc) is 2.44. The summed E-state index contributed by atoms with van der Waals surface area (Å²) in [5, 5.41) is 8.86. The first kappa shape index (κ1) is 9.35. The van der Waals surface area contributed by atoms with Crippen LogP contribution in [0.1, 0.15) is 11.4 Å². The van der Waals surface area contributed by atoms with Gasteiger partial charge in [0, 0.05) is 6.54 Å². The molecule has 0 saturated carbocycles. The van der Waals surface area contributed by atoms with Crippen molar-refractivity contribution in [1.82, 2.24) is 15.1 Å². The number of nitrogen functional groups attached to an aromatic ring is 1. The number of carbonyl (C=O) groups excluding carboxylic acids is 1. The molecule has 1 unspecified atom stereocenters. The van der Waals surface area contributed by atoms with Crippen LogP contribution >= 0.6 is 11.3 Å². The molecule has 0 spiro atoms. The molecule has 0 aliphatic carbocycles. The third-order valence-corrected chi connectivity index (χ3v) is 3.02. The Bertz CT molecular complexity index is 352. The van der Waals surface area contributed by atoms with Crippen molar-refractivity contribution in [2.75, 3.05) is 12.3 Å². The maximum Gasteiger partial charge on any atom is 0.234 e. The maximum absolute atomic E-state index is 10.9. The number of nitrogens with two attached hydrogens (primary N) is 2. The molecule has 2 rings (SSSR count). The first-order valence-corrected chi connectivity index (χ1v) is 5.09. The minimum Gasteiger partial charge on any atom is -0.374 e. The van der Waals surface area contributed by atoms with Crippen LogP contribution in [-0.2, 0) is 11.3 Å². The van der Waals surface area contributed by atoms with Gasteiger partial charge in [0.2, 0.25) is 11.0 Å². The second kappa shape index (κ2) is 3.50. The molecule has 1 fully saturated rings. The van der Waals surface area contributed by atoms with Crippen molar-refractivity contribution in [2.24, 2.45) is 5.73 Å². The van der Waals surface area contributed by atoms with Gasteiger partial charge in [-0.25, -0.2) is 0 Å². The second-order valence-electron chi connectivity index (χ2n) is 3.21. The molecule has 1 aliphatic rings. The van der Waals surface area contributed by atoms with E-state index in [1.54, 1.807) is 0 Å². The van der Waals surface area contributed by atoms with Crippen molar-refractivity contribution in [1.29, 1.82) is 0 Å². The molecule has 1 aromatic heterocycles. The van der Waals surface area contributed by atoms with E-state index in [0.717, 1.165) is 18.0 Å². The number of aromatic nitrogens is 2. The highest BCUT2D eigenvalue weighted by Crippen LogP contribution is 2.22. The zero-order valence-electron chi connectivity index (χ0n) is 7.51. The van der Waals surface area contributed by atoms with E-state index in [1.807, 2.05) is 4.90 Å². The fourth-order valence-corrected chi connectivity index (χ4v) is 2.09. The Morgan fingerprint density at radius 3 is 2.86 bits per heavy atom. The molecule has 2 heterocycles. The van der Waals surface area contributed by atoms with Crippen LogP contribution < -0.4 is 11.5 Å². The highest BCUT2D eigenvalue weighted by Gasteiger charge is 2.32. The zero-order valence-corrected chi connectivity index (χ0v) is 8.33. The molecule has 0 bridgehead atoms. The van der Waals surface area contributed by atoms with Gasteiger partial charge in [0.15, 0.2) is 0 Å². The lowest BCUT2D eigenvalue weighted by Crippen LogP contribution is -2.54. The molecule has 0 radical (unpaired) electrons. The summed E-state index contributed by atoms with van der Waals surface area (Å²) in [5.41, 5.74) is 10.7. The number of hydrogen-bond acceptors (Lipinski definition) is 6. The number of rotatable bonds is 3. The predicted molar refractivity (Wildman–Crippen MR) is 52.3 cm³/mol. The van der Waals surface area contributed by atoms with Crippen LogP contribution in [0.25, 0.3) is 0 Å². The van der Waals surface area contributed by atoms with Crippen LogP contribution in [0, 0.1) is 0 Å². The number of likely N-dealkylation sites (tertiary alicyclic amines) is 1. The zero-order chi connectivity index (χ0) is 10.1. The number of carbonyl (C=O) groups is 1. The van der Waals surface area contributed by atoms with E-state index in [0.29, 0.717) is 11.7 Å². The Labute approximate surface area is 84.9 Å². The molecule has 7 heteroatoms. The van der Waals surface area contributed by atoms with Gasteiger partial charge in [0.1, 0.15) is 5.01 Å². The maximum atomic E-state index is 10.9.